The van der Waals surface area contributed by atoms with Crippen LogP contribution in [-0.4, -0.2) is 78.1 Å². The summed E-state index contributed by atoms with van der Waals surface area (Å²) in [6.07, 6.45) is 1.45. The molecule has 0 bridgehead atoms. The van der Waals surface area contributed by atoms with E-state index in [9.17, 15) is 19.2 Å². The zero-order valence-electron chi connectivity index (χ0n) is 15.7. The number of rotatable bonds is 4. The highest BCUT2D eigenvalue weighted by atomic mass is 16.6. The van der Waals surface area contributed by atoms with E-state index in [1.54, 1.807) is 20.8 Å². The molecule has 0 aromatic carbocycles. The van der Waals surface area contributed by atoms with Gasteiger partial charge in [0.15, 0.2) is 0 Å². The van der Waals surface area contributed by atoms with Crippen LogP contribution in [0.4, 0.5) is 4.79 Å². The number of amides is 3. The molecule has 0 aromatic rings. The van der Waals surface area contributed by atoms with Crippen molar-refractivity contribution in [2.24, 2.45) is 0 Å². The number of hydrogen-bond acceptors (Lipinski definition) is 6. The molecule has 1 N–H and O–H groups in total. The molecule has 2 saturated heterocycles. The molecule has 2 aliphatic rings. The maximum absolute atomic E-state index is 13.1. The Morgan fingerprint density at radius 3 is 2.42 bits per heavy atom. The van der Waals surface area contributed by atoms with Crippen molar-refractivity contribution in [3.05, 3.63) is 0 Å². The summed E-state index contributed by atoms with van der Waals surface area (Å²) in [6, 6.07) is -1.76. The van der Waals surface area contributed by atoms with E-state index < -0.39 is 29.7 Å². The van der Waals surface area contributed by atoms with Crippen molar-refractivity contribution in [3.8, 4) is 0 Å². The number of carbonyl (C=O) groups excluding carboxylic acids is 4. The molecule has 0 aliphatic carbocycles. The smallest absolute Gasteiger partial charge is 0.411 e. The second-order valence-corrected chi connectivity index (χ2v) is 7.58. The quantitative estimate of drug-likeness (QED) is 0.563. The highest BCUT2D eigenvalue weighted by Crippen LogP contribution is 2.27. The lowest BCUT2D eigenvalue weighted by atomic mass is 10.1. The average Bonchev–Trinajstić information content (AvgIpc) is 3.19. The van der Waals surface area contributed by atoms with Crippen LogP contribution in [0.2, 0.25) is 0 Å². The van der Waals surface area contributed by atoms with Gasteiger partial charge < -0.3 is 19.7 Å². The number of esters is 1. The summed E-state index contributed by atoms with van der Waals surface area (Å²) in [4.78, 5) is 51.1. The van der Waals surface area contributed by atoms with Gasteiger partial charge >= 0.3 is 12.1 Å². The fourth-order valence-electron chi connectivity index (χ4n) is 3.41. The first-order valence-electron chi connectivity index (χ1n) is 8.75. The maximum Gasteiger partial charge on any atom is 0.411 e. The fourth-order valence-corrected chi connectivity index (χ4v) is 3.41. The number of hydrogen-bond donors (Lipinski definition) is 1. The molecule has 146 valence electrons. The first-order chi connectivity index (χ1) is 12.2. The van der Waals surface area contributed by atoms with Crippen molar-refractivity contribution < 1.29 is 28.7 Å². The molecule has 0 saturated carbocycles. The Hall–Kier alpha value is -2.32. The Bertz CT molecular complexity index is 573. The Balaban J connectivity index is 2.19. The highest BCUT2D eigenvalue weighted by molar-refractivity contribution is 5.90. The third-order valence-electron chi connectivity index (χ3n) is 4.53. The summed E-state index contributed by atoms with van der Waals surface area (Å²) in [5.74, 6) is -0.779. The molecule has 9 nitrogen and oxygen atoms in total. The van der Waals surface area contributed by atoms with Gasteiger partial charge in [0, 0.05) is 19.1 Å². The van der Waals surface area contributed by atoms with E-state index >= 15 is 0 Å². The lowest BCUT2D eigenvalue weighted by Crippen LogP contribution is -2.51. The van der Waals surface area contributed by atoms with Gasteiger partial charge in [-0.15, -0.1) is 0 Å². The number of methoxy groups -OCH3 is 1. The Kier molecular flexibility index (Phi) is 6.09. The zero-order valence-corrected chi connectivity index (χ0v) is 15.7. The van der Waals surface area contributed by atoms with E-state index in [1.165, 1.54) is 16.9 Å². The van der Waals surface area contributed by atoms with E-state index in [2.05, 4.69) is 5.32 Å². The van der Waals surface area contributed by atoms with Crippen molar-refractivity contribution >= 4 is 24.4 Å². The number of nitrogens with zero attached hydrogens (tertiary/aromatic N) is 2. The molecular weight excluding hydrogens is 342 g/mol. The molecule has 2 rings (SSSR count). The van der Waals surface area contributed by atoms with Gasteiger partial charge in [0.2, 0.25) is 12.3 Å². The van der Waals surface area contributed by atoms with Gasteiger partial charge in [0.05, 0.1) is 7.11 Å². The van der Waals surface area contributed by atoms with Crippen molar-refractivity contribution in [1.29, 1.82) is 0 Å². The summed E-state index contributed by atoms with van der Waals surface area (Å²) in [5, 5.41) is 2.62. The lowest BCUT2D eigenvalue weighted by molar-refractivity contribution is -0.152. The minimum atomic E-state index is -0.785. The van der Waals surface area contributed by atoms with Crippen molar-refractivity contribution in [2.45, 2.75) is 63.8 Å². The molecule has 9 heteroatoms. The van der Waals surface area contributed by atoms with Crippen LogP contribution in [0.5, 0.6) is 0 Å². The zero-order chi connectivity index (χ0) is 19.5. The molecule has 2 heterocycles. The van der Waals surface area contributed by atoms with Gasteiger partial charge in [-0.3, -0.25) is 14.5 Å². The molecule has 0 aromatic heterocycles. The van der Waals surface area contributed by atoms with Crippen LogP contribution in [0.1, 0.15) is 40.0 Å². The second kappa shape index (κ2) is 7.92. The summed E-state index contributed by atoms with van der Waals surface area (Å²) < 4.78 is 10.2. The van der Waals surface area contributed by atoms with Crippen LogP contribution in [0, 0.1) is 0 Å². The van der Waals surface area contributed by atoms with Crippen LogP contribution in [-0.2, 0) is 23.9 Å². The third kappa shape index (κ3) is 4.44. The van der Waals surface area contributed by atoms with Gasteiger partial charge in [0.25, 0.3) is 0 Å². The topological polar surface area (TPSA) is 105 Å². The number of carbonyl (C=O) groups is 4. The Morgan fingerprint density at radius 1 is 1.15 bits per heavy atom. The van der Waals surface area contributed by atoms with Gasteiger partial charge in [-0.05, 0) is 40.0 Å². The fraction of sp³-hybridized carbons (Fsp3) is 0.765. The van der Waals surface area contributed by atoms with Gasteiger partial charge in [-0.1, -0.05) is 0 Å². The summed E-state index contributed by atoms with van der Waals surface area (Å²) in [7, 11) is 1.29. The molecule has 3 atom stereocenters. The Labute approximate surface area is 153 Å². The number of likely N-dealkylation sites (tertiary alicyclic amines) is 2. The maximum atomic E-state index is 13.1. The normalized spacial score (nSPS) is 25.8. The summed E-state index contributed by atoms with van der Waals surface area (Å²) >= 11 is 0. The largest absolute Gasteiger partial charge is 0.467 e. The third-order valence-corrected chi connectivity index (χ3v) is 4.53. The van der Waals surface area contributed by atoms with E-state index in [0.29, 0.717) is 25.8 Å². The molecule has 2 fully saturated rings. The molecule has 3 amide bonds. The van der Waals surface area contributed by atoms with Crippen molar-refractivity contribution in [3.63, 3.8) is 0 Å². The van der Waals surface area contributed by atoms with E-state index in [1.807, 2.05) is 0 Å². The van der Waals surface area contributed by atoms with Crippen LogP contribution < -0.4 is 5.32 Å². The standard InChI is InChI=1S/C17H27N3O6/c1-17(2,3)26-16(24)20-9-11(18-10-21)8-13(20)14(22)19-7-5-6-12(19)15(23)25-4/h10-13H,5-9H2,1-4H3,(H,18,21)/t11-,12+,13+/m1/s1. The first-order valence-corrected chi connectivity index (χ1v) is 8.75. The molecule has 0 spiro atoms. The lowest BCUT2D eigenvalue weighted by Gasteiger charge is -2.31. The van der Waals surface area contributed by atoms with Crippen molar-refractivity contribution in [1.82, 2.24) is 15.1 Å². The first kappa shape index (κ1) is 20.0. The van der Waals surface area contributed by atoms with Crippen LogP contribution in [0.15, 0.2) is 0 Å². The SMILES string of the molecule is COC(=O)[C@@H]1CCCN1C(=O)[C@@H]1C[C@@H](NC=O)CN1C(=O)OC(C)(C)C. The predicted octanol–water partition coefficient (Wildman–Crippen LogP) is 0.274. The molecule has 0 radical (unpaired) electrons. The van der Waals surface area contributed by atoms with E-state index in [-0.39, 0.29) is 24.9 Å². The van der Waals surface area contributed by atoms with E-state index in [4.69, 9.17) is 9.47 Å². The molecule has 26 heavy (non-hydrogen) atoms. The average molecular weight is 369 g/mol. The molecular formula is C17H27N3O6. The number of ether oxygens (including phenoxy) is 2. The second-order valence-electron chi connectivity index (χ2n) is 7.58. The summed E-state index contributed by atoms with van der Waals surface area (Å²) in [5.41, 5.74) is -0.705. The van der Waals surface area contributed by atoms with E-state index in [0.717, 1.165) is 0 Å². The minimum Gasteiger partial charge on any atom is -0.467 e. The minimum absolute atomic E-state index is 0.181. The predicted molar refractivity (Wildman–Crippen MR) is 91.1 cm³/mol. The van der Waals surface area contributed by atoms with Crippen molar-refractivity contribution in [2.75, 3.05) is 20.2 Å². The van der Waals surface area contributed by atoms with Gasteiger partial charge in [-0.2, -0.15) is 0 Å². The molecule has 2 aliphatic heterocycles. The molecule has 0 unspecified atom stereocenters. The van der Waals surface area contributed by atoms with Crippen LogP contribution >= 0.6 is 0 Å². The van der Waals surface area contributed by atoms with Gasteiger partial charge in [-0.25, -0.2) is 9.59 Å². The highest BCUT2D eigenvalue weighted by Gasteiger charge is 2.46. The number of nitrogens with one attached hydrogen (secondary N) is 1. The monoisotopic (exact) mass is 369 g/mol. The van der Waals surface area contributed by atoms with Crippen LogP contribution in [0.3, 0.4) is 0 Å². The van der Waals surface area contributed by atoms with Gasteiger partial charge in [0.1, 0.15) is 17.7 Å². The Morgan fingerprint density at radius 2 is 1.85 bits per heavy atom. The van der Waals surface area contributed by atoms with Crippen LogP contribution in [0.25, 0.3) is 0 Å². The summed E-state index contributed by atoms with van der Waals surface area (Å²) in [6.45, 7) is 5.84.